The van der Waals surface area contributed by atoms with Gasteiger partial charge in [-0.25, -0.2) is 13.2 Å². The minimum Gasteiger partial charge on any atom is -0.368 e. The molecule has 17 heteroatoms. The molecule has 0 bridgehead atoms. The lowest BCUT2D eigenvalue weighted by Crippen LogP contribution is -2.60. The monoisotopic (exact) mass is 721 g/mol. The highest BCUT2D eigenvalue weighted by atomic mass is 35.5. The number of urea groups is 1. The molecule has 2 aromatic carbocycles. The molecule has 0 saturated carbocycles. The first-order valence-electron chi connectivity index (χ1n) is 15.9. The van der Waals surface area contributed by atoms with E-state index in [1.165, 1.54) is 4.90 Å². The summed E-state index contributed by atoms with van der Waals surface area (Å²) in [5.74, 6) is -4.30. The molecule has 0 aliphatic carbocycles. The van der Waals surface area contributed by atoms with Crippen LogP contribution in [0.15, 0.2) is 42.5 Å². The zero-order valence-electron chi connectivity index (χ0n) is 27.3. The van der Waals surface area contributed by atoms with E-state index >= 15 is 0 Å². The number of sulfone groups is 1. The van der Waals surface area contributed by atoms with Gasteiger partial charge in [0.15, 0.2) is 0 Å². The molecule has 1 aliphatic heterocycles. The Kier molecular flexibility index (Phi) is 14.6. The van der Waals surface area contributed by atoms with Gasteiger partial charge in [-0.2, -0.15) is 0 Å². The molecular formula is C32H44ClN7O8S. The molecule has 7 amide bonds. The Morgan fingerprint density at radius 3 is 2.29 bits per heavy atom. The molecule has 49 heavy (non-hydrogen) atoms. The maximum Gasteiger partial charge on any atom is 0.312 e. The number of halogens is 1. The molecule has 0 spiro atoms. The number of primary amides is 2. The number of nitrogens with two attached hydrogens (primary N) is 2. The van der Waals surface area contributed by atoms with E-state index in [0.29, 0.717) is 18.4 Å². The first-order valence-corrected chi connectivity index (χ1v) is 18.5. The van der Waals surface area contributed by atoms with Gasteiger partial charge >= 0.3 is 6.03 Å². The molecule has 1 fully saturated rings. The number of alkyl halides is 1. The molecule has 3 rings (SSSR count). The molecule has 0 aromatic heterocycles. The van der Waals surface area contributed by atoms with Crippen LogP contribution in [0.2, 0.25) is 0 Å². The Labute approximate surface area is 290 Å². The SMILES string of the molecule is CS(=O)(=O)CC[C@H](NC(=O)CCl)C(=O)N1CCCC[C@H]1C(=O)NC(Cc1ccc2ccccc2c1)C(=O)N[C@@H](CCCNC(N)=O)C(N)=O. The molecule has 1 heterocycles. The van der Waals surface area contributed by atoms with Crippen LogP contribution in [0.5, 0.6) is 0 Å². The molecule has 0 radical (unpaired) electrons. The average Bonchev–Trinajstić information content (AvgIpc) is 3.06. The van der Waals surface area contributed by atoms with Gasteiger partial charge in [-0.05, 0) is 54.9 Å². The lowest BCUT2D eigenvalue weighted by Gasteiger charge is -2.37. The minimum absolute atomic E-state index is 0.0283. The summed E-state index contributed by atoms with van der Waals surface area (Å²) in [7, 11) is -3.49. The zero-order chi connectivity index (χ0) is 36.1. The van der Waals surface area contributed by atoms with Crippen molar-refractivity contribution in [1.29, 1.82) is 0 Å². The number of nitrogens with one attached hydrogen (secondary N) is 4. The summed E-state index contributed by atoms with van der Waals surface area (Å²) in [6, 6.07) is 7.85. The first-order chi connectivity index (χ1) is 23.2. The first kappa shape index (κ1) is 39.0. The molecule has 15 nitrogen and oxygen atoms in total. The van der Waals surface area contributed by atoms with Crippen LogP contribution in [0.3, 0.4) is 0 Å². The van der Waals surface area contributed by atoms with Gasteiger partial charge in [-0.1, -0.05) is 42.5 Å². The van der Waals surface area contributed by atoms with E-state index in [0.717, 1.165) is 17.0 Å². The summed E-state index contributed by atoms with van der Waals surface area (Å²) in [6.07, 6.45) is 2.59. The number of amides is 7. The lowest BCUT2D eigenvalue weighted by atomic mass is 9.97. The van der Waals surface area contributed by atoms with Crippen LogP contribution < -0.4 is 32.7 Å². The number of hydrogen-bond acceptors (Lipinski definition) is 8. The zero-order valence-corrected chi connectivity index (χ0v) is 28.9. The van der Waals surface area contributed by atoms with Gasteiger partial charge in [-0.15, -0.1) is 11.6 Å². The number of rotatable bonds is 17. The van der Waals surface area contributed by atoms with Crippen LogP contribution in [0.1, 0.15) is 44.1 Å². The van der Waals surface area contributed by atoms with Crippen LogP contribution in [0, 0.1) is 0 Å². The fourth-order valence-electron chi connectivity index (χ4n) is 5.64. The number of carbonyl (C=O) groups excluding carboxylic acids is 6. The van der Waals surface area contributed by atoms with Gasteiger partial charge in [0.25, 0.3) is 0 Å². The second kappa shape index (κ2) is 18.4. The van der Waals surface area contributed by atoms with Gasteiger partial charge in [-0.3, -0.25) is 24.0 Å². The van der Waals surface area contributed by atoms with Gasteiger partial charge in [0.1, 0.15) is 39.9 Å². The van der Waals surface area contributed by atoms with Crippen LogP contribution >= 0.6 is 11.6 Å². The maximum atomic E-state index is 13.9. The van der Waals surface area contributed by atoms with Crippen molar-refractivity contribution in [3.8, 4) is 0 Å². The Morgan fingerprint density at radius 1 is 0.918 bits per heavy atom. The van der Waals surface area contributed by atoms with E-state index in [1.807, 2.05) is 42.5 Å². The largest absolute Gasteiger partial charge is 0.368 e. The number of fused-ring (bicyclic) bond motifs is 1. The Balaban J connectivity index is 1.86. The Morgan fingerprint density at radius 2 is 1.63 bits per heavy atom. The number of likely N-dealkylation sites (tertiary alicyclic amines) is 1. The molecule has 2 aromatic rings. The predicted molar refractivity (Wildman–Crippen MR) is 184 cm³/mol. The highest BCUT2D eigenvalue weighted by Gasteiger charge is 2.38. The van der Waals surface area contributed by atoms with E-state index < -0.39 is 75.5 Å². The van der Waals surface area contributed by atoms with E-state index in [2.05, 4.69) is 21.3 Å². The second-order valence-corrected chi connectivity index (χ2v) is 14.6. The van der Waals surface area contributed by atoms with Gasteiger partial charge < -0.3 is 37.6 Å². The Bertz CT molecular complexity index is 1640. The van der Waals surface area contributed by atoms with E-state index in [4.69, 9.17) is 23.1 Å². The van der Waals surface area contributed by atoms with Crippen molar-refractivity contribution in [2.45, 2.75) is 69.1 Å². The van der Waals surface area contributed by atoms with Crippen LogP contribution in [-0.4, -0.2) is 104 Å². The summed E-state index contributed by atoms with van der Waals surface area (Å²) >= 11 is 5.64. The normalized spacial score (nSPS) is 16.5. The third kappa shape index (κ3) is 12.5. The van der Waals surface area contributed by atoms with Gasteiger partial charge in [0, 0.05) is 25.8 Å². The number of carbonyl (C=O) groups is 6. The van der Waals surface area contributed by atoms with Crippen LogP contribution in [0.25, 0.3) is 10.8 Å². The summed E-state index contributed by atoms with van der Waals surface area (Å²) < 4.78 is 23.7. The van der Waals surface area contributed by atoms with Crippen LogP contribution in [0.4, 0.5) is 4.79 Å². The van der Waals surface area contributed by atoms with E-state index in [-0.39, 0.29) is 50.9 Å². The fraction of sp³-hybridized carbons (Fsp3) is 0.500. The standard InChI is InChI=1S/C32H44ClN7O8S/c1-49(47,48)16-13-24(37-27(41)19-33)31(45)40-15-5-4-10-26(40)30(44)39-25(18-20-11-12-21-7-2-3-8-22(21)17-20)29(43)38-23(28(34)42)9-6-14-36-32(35)46/h2-3,7-8,11-12,17,23-26H,4-6,9-10,13-16,18-19H2,1H3,(H2,34,42)(H,37,41)(H,38,43)(H,39,44)(H3,35,36,46)/t23-,24-,25?,26-/m0/s1. The highest BCUT2D eigenvalue weighted by molar-refractivity contribution is 7.90. The third-order valence-electron chi connectivity index (χ3n) is 8.14. The van der Waals surface area contributed by atoms with Gasteiger partial charge in [0.05, 0.1) is 5.75 Å². The van der Waals surface area contributed by atoms with Crippen molar-refractivity contribution < 1.29 is 37.2 Å². The molecule has 268 valence electrons. The van der Waals surface area contributed by atoms with Gasteiger partial charge in [0.2, 0.25) is 29.5 Å². The lowest BCUT2D eigenvalue weighted by molar-refractivity contribution is -0.145. The van der Waals surface area contributed by atoms with Crippen LogP contribution in [-0.2, 0) is 40.2 Å². The maximum absolute atomic E-state index is 13.9. The average molecular weight is 722 g/mol. The summed E-state index contributed by atoms with van der Waals surface area (Å²) in [5, 5.41) is 12.1. The van der Waals surface area contributed by atoms with Crippen molar-refractivity contribution in [2.24, 2.45) is 11.5 Å². The summed E-state index contributed by atoms with van der Waals surface area (Å²) in [5.41, 5.74) is 11.4. The molecule has 8 N–H and O–H groups in total. The number of nitrogens with zero attached hydrogens (tertiary/aromatic N) is 1. The van der Waals surface area contributed by atoms with Crippen molar-refractivity contribution in [3.05, 3.63) is 48.0 Å². The van der Waals surface area contributed by atoms with E-state index in [9.17, 15) is 37.2 Å². The summed E-state index contributed by atoms with van der Waals surface area (Å²) in [6.45, 7) is 0.308. The number of piperidine rings is 1. The van der Waals surface area contributed by atoms with Crippen molar-refractivity contribution in [3.63, 3.8) is 0 Å². The number of hydrogen-bond donors (Lipinski definition) is 6. The predicted octanol–water partition coefficient (Wildman–Crippen LogP) is -0.175. The Hall–Kier alpha value is -4.44. The molecular weight excluding hydrogens is 678 g/mol. The topological polar surface area (TPSA) is 240 Å². The molecule has 1 unspecified atom stereocenters. The second-order valence-electron chi connectivity index (χ2n) is 12.1. The minimum atomic E-state index is -3.49. The van der Waals surface area contributed by atoms with Crippen molar-refractivity contribution >= 4 is 67.8 Å². The number of benzene rings is 2. The van der Waals surface area contributed by atoms with Crippen molar-refractivity contribution in [1.82, 2.24) is 26.2 Å². The van der Waals surface area contributed by atoms with Crippen molar-refractivity contribution in [2.75, 3.05) is 31.0 Å². The highest BCUT2D eigenvalue weighted by Crippen LogP contribution is 2.21. The molecule has 1 saturated heterocycles. The third-order valence-corrected chi connectivity index (χ3v) is 9.36. The molecule has 4 atom stereocenters. The smallest absolute Gasteiger partial charge is 0.312 e. The summed E-state index contributed by atoms with van der Waals surface area (Å²) in [4.78, 5) is 78.0. The van der Waals surface area contributed by atoms with E-state index in [1.54, 1.807) is 0 Å². The molecule has 1 aliphatic rings. The fourth-order valence-corrected chi connectivity index (χ4v) is 6.39. The quantitative estimate of drug-likeness (QED) is 0.0944.